The topological polar surface area (TPSA) is 55.2 Å². The van der Waals surface area contributed by atoms with Crippen LogP contribution in [0.25, 0.3) is 0 Å². The van der Waals surface area contributed by atoms with Crippen LogP contribution >= 0.6 is 0 Å². The van der Waals surface area contributed by atoms with Crippen LogP contribution in [-0.4, -0.2) is 11.5 Å². The predicted octanol–water partition coefficient (Wildman–Crippen LogP) is 3.21. The molecule has 3 unspecified atom stereocenters. The zero-order valence-corrected chi connectivity index (χ0v) is 11.1. The van der Waals surface area contributed by atoms with Gasteiger partial charge in [-0.1, -0.05) is 19.1 Å². The summed E-state index contributed by atoms with van der Waals surface area (Å²) in [5.74, 6) is 1.62. The van der Waals surface area contributed by atoms with Gasteiger partial charge in [-0.15, -0.1) is 0 Å². The molecule has 0 bridgehead atoms. The van der Waals surface area contributed by atoms with Crippen molar-refractivity contribution in [1.82, 2.24) is 5.32 Å². The molecule has 0 aliphatic heterocycles. The molecule has 0 saturated heterocycles. The Morgan fingerprint density at radius 3 is 2.78 bits per heavy atom. The third kappa shape index (κ3) is 2.88. The molecule has 0 radical (unpaired) electrons. The largest absolute Gasteiger partial charge is 0.310 e. The van der Waals surface area contributed by atoms with Crippen LogP contribution in [0.5, 0.6) is 0 Å². The normalized spacial score (nSPS) is 23.7. The molecule has 2 rings (SSSR count). The molecular formula is C14H20N2O2. The average molecular weight is 248 g/mol. The van der Waals surface area contributed by atoms with Gasteiger partial charge in [0.15, 0.2) is 0 Å². The fourth-order valence-corrected chi connectivity index (χ4v) is 2.22. The van der Waals surface area contributed by atoms with Crippen LogP contribution in [0.4, 0.5) is 5.69 Å². The van der Waals surface area contributed by atoms with E-state index in [0.717, 1.165) is 23.9 Å². The van der Waals surface area contributed by atoms with Gasteiger partial charge in [-0.2, -0.15) is 0 Å². The maximum absolute atomic E-state index is 10.9. The molecule has 98 valence electrons. The minimum atomic E-state index is -0.311. The molecule has 1 aromatic carbocycles. The lowest BCUT2D eigenvalue weighted by atomic mass is 10.0. The number of benzene rings is 1. The van der Waals surface area contributed by atoms with Gasteiger partial charge in [0.1, 0.15) is 0 Å². The Bertz CT molecular complexity index is 459. The summed E-state index contributed by atoms with van der Waals surface area (Å²) in [6, 6.07) is 5.64. The summed E-state index contributed by atoms with van der Waals surface area (Å²) in [6.45, 7) is 7.09. The molecule has 18 heavy (non-hydrogen) atoms. The Kier molecular flexibility index (Phi) is 3.66. The number of nitrogens with one attached hydrogen (secondary N) is 1. The number of hydrogen-bond donors (Lipinski definition) is 1. The monoisotopic (exact) mass is 248 g/mol. The SMILES string of the molecule is Cc1ccc(C(C)NCC2CC2C)cc1[N+](=O)[O-]. The molecule has 1 N–H and O–H groups in total. The van der Waals surface area contributed by atoms with Gasteiger partial charge in [0.25, 0.3) is 5.69 Å². The van der Waals surface area contributed by atoms with Gasteiger partial charge in [-0.25, -0.2) is 0 Å². The van der Waals surface area contributed by atoms with Crippen LogP contribution in [-0.2, 0) is 0 Å². The van der Waals surface area contributed by atoms with E-state index in [0.29, 0.717) is 5.56 Å². The van der Waals surface area contributed by atoms with Gasteiger partial charge >= 0.3 is 0 Å². The van der Waals surface area contributed by atoms with Crippen LogP contribution in [0.3, 0.4) is 0 Å². The highest BCUT2D eigenvalue weighted by atomic mass is 16.6. The number of hydrogen-bond acceptors (Lipinski definition) is 3. The zero-order chi connectivity index (χ0) is 13.3. The molecule has 0 aromatic heterocycles. The highest BCUT2D eigenvalue weighted by Gasteiger charge is 2.32. The van der Waals surface area contributed by atoms with E-state index >= 15 is 0 Å². The number of nitrogens with zero attached hydrogens (tertiary/aromatic N) is 1. The lowest BCUT2D eigenvalue weighted by Crippen LogP contribution is -2.21. The third-order valence-corrected chi connectivity index (χ3v) is 3.89. The van der Waals surface area contributed by atoms with Crippen molar-refractivity contribution in [3.63, 3.8) is 0 Å². The highest BCUT2D eigenvalue weighted by Crippen LogP contribution is 2.37. The first-order valence-electron chi connectivity index (χ1n) is 6.47. The van der Waals surface area contributed by atoms with Crippen molar-refractivity contribution in [2.75, 3.05) is 6.54 Å². The fourth-order valence-electron chi connectivity index (χ4n) is 2.22. The van der Waals surface area contributed by atoms with E-state index in [9.17, 15) is 10.1 Å². The minimum Gasteiger partial charge on any atom is -0.310 e. The number of rotatable bonds is 5. The first-order valence-corrected chi connectivity index (χ1v) is 6.47. The van der Waals surface area contributed by atoms with Gasteiger partial charge in [0, 0.05) is 17.7 Å². The Hall–Kier alpha value is -1.42. The van der Waals surface area contributed by atoms with Crippen LogP contribution in [0.1, 0.15) is 37.4 Å². The number of nitro benzene ring substituents is 1. The van der Waals surface area contributed by atoms with Crippen molar-refractivity contribution in [3.05, 3.63) is 39.4 Å². The van der Waals surface area contributed by atoms with Gasteiger partial charge in [0.05, 0.1) is 4.92 Å². The van der Waals surface area contributed by atoms with Crippen LogP contribution in [0.15, 0.2) is 18.2 Å². The maximum atomic E-state index is 10.9. The van der Waals surface area contributed by atoms with E-state index in [1.54, 1.807) is 13.0 Å². The van der Waals surface area contributed by atoms with E-state index in [1.807, 2.05) is 12.1 Å². The first-order chi connectivity index (χ1) is 8.49. The minimum absolute atomic E-state index is 0.164. The van der Waals surface area contributed by atoms with Crippen LogP contribution in [0, 0.1) is 28.9 Å². The van der Waals surface area contributed by atoms with E-state index < -0.39 is 0 Å². The second-order valence-electron chi connectivity index (χ2n) is 5.41. The third-order valence-electron chi connectivity index (χ3n) is 3.89. The lowest BCUT2D eigenvalue weighted by molar-refractivity contribution is -0.385. The molecule has 0 heterocycles. The molecule has 1 aliphatic rings. The molecule has 0 spiro atoms. The highest BCUT2D eigenvalue weighted by molar-refractivity contribution is 5.43. The zero-order valence-electron chi connectivity index (χ0n) is 11.1. The molecule has 1 saturated carbocycles. The smallest absolute Gasteiger partial charge is 0.272 e. The van der Waals surface area contributed by atoms with E-state index in [-0.39, 0.29) is 16.7 Å². The van der Waals surface area contributed by atoms with Crippen molar-refractivity contribution in [3.8, 4) is 0 Å². The van der Waals surface area contributed by atoms with E-state index in [1.165, 1.54) is 6.42 Å². The van der Waals surface area contributed by atoms with Gasteiger partial charge in [-0.05, 0) is 44.2 Å². The van der Waals surface area contributed by atoms with Gasteiger partial charge in [0.2, 0.25) is 0 Å². The Balaban J connectivity index is 2.02. The van der Waals surface area contributed by atoms with Crippen LogP contribution < -0.4 is 5.32 Å². The second kappa shape index (κ2) is 5.06. The summed E-state index contributed by atoms with van der Waals surface area (Å²) in [5, 5.41) is 14.4. The van der Waals surface area contributed by atoms with E-state index in [2.05, 4.69) is 19.2 Å². The Labute approximate surface area is 108 Å². The number of aryl methyl sites for hydroxylation is 1. The summed E-state index contributed by atoms with van der Waals surface area (Å²) < 4.78 is 0. The van der Waals surface area contributed by atoms with Crippen molar-refractivity contribution in [2.45, 2.75) is 33.2 Å². The van der Waals surface area contributed by atoms with Gasteiger partial charge in [-0.3, -0.25) is 10.1 Å². The molecule has 1 aliphatic carbocycles. The Morgan fingerprint density at radius 2 is 2.22 bits per heavy atom. The molecule has 1 fully saturated rings. The molecule has 4 nitrogen and oxygen atoms in total. The standard InChI is InChI=1S/C14H20N2O2/c1-9-4-5-12(7-14(9)16(17)18)11(3)15-8-13-6-10(13)2/h4-5,7,10-11,13,15H,6,8H2,1-3H3. The predicted molar refractivity (Wildman–Crippen MR) is 71.5 cm³/mol. The van der Waals surface area contributed by atoms with Crippen molar-refractivity contribution in [1.29, 1.82) is 0 Å². The first kappa shape index (κ1) is 13.0. The summed E-state index contributed by atoms with van der Waals surface area (Å²) >= 11 is 0. The molecule has 1 aromatic rings. The average Bonchev–Trinajstić information content (AvgIpc) is 3.02. The second-order valence-corrected chi connectivity index (χ2v) is 5.41. The van der Waals surface area contributed by atoms with Crippen molar-refractivity contribution in [2.24, 2.45) is 11.8 Å². The summed E-state index contributed by atoms with van der Waals surface area (Å²) in [4.78, 5) is 10.6. The maximum Gasteiger partial charge on any atom is 0.272 e. The van der Waals surface area contributed by atoms with Crippen molar-refractivity contribution >= 4 is 5.69 Å². The van der Waals surface area contributed by atoms with E-state index in [4.69, 9.17) is 0 Å². The fraction of sp³-hybridized carbons (Fsp3) is 0.571. The Morgan fingerprint density at radius 1 is 1.56 bits per heavy atom. The molecule has 3 atom stereocenters. The molecule has 4 heteroatoms. The summed E-state index contributed by atoms with van der Waals surface area (Å²) in [5.41, 5.74) is 1.91. The van der Waals surface area contributed by atoms with Crippen LogP contribution in [0.2, 0.25) is 0 Å². The molecular weight excluding hydrogens is 228 g/mol. The van der Waals surface area contributed by atoms with Gasteiger partial charge < -0.3 is 5.32 Å². The van der Waals surface area contributed by atoms with Crippen molar-refractivity contribution < 1.29 is 4.92 Å². The summed E-state index contributed by atoms with van der Waals surface area (Å²) in [7, 11) is 0. The molecule has 0 amide bonds. The number of nitro groups is 1. The summed E-state index contributed by atoms with van der Waals surface area (Å²) in [6.07, 6.45) is 1.30. The lowest BCUT2D eigenvalue weighted by Gasteiger charge is -2.14. The quantitative estimate of drug-likeness (QED) is 0.643.